The molecule has 0 spiro atoms. The summed E-state index contributed by atoms with van der Waals surface area (Å²) in [5.74, 6) is 2.14. The van der Waals surface area contributed by atoms with E-state index in [1.807, 2.05) is 17.9 Å². The molecule has 1 saturated heterocycles. The molecule has 1 amide bonds. The van der Waals surface area contributed by atoms with Crippen molar-refractivity contribution in [1.82, 2.24) is 20.7 Å². The smallest absolute Gasteiger partial charge is 0.225 e. The fourth-order valence-electron chi connectivity index (χ4n) is 3.78. The number of amides is 1. The molecule has 1 aliphatic carbocycles. The zero-order valence-electron chi connectivity index (χ0n) is 16.4. The minimum absolute atomic E-state index is 0. The van der Waals surface area contributed by atoms with Gasteiger partial charge in [0.25, 0.3) is 0 Å². The van der Waals surface area contributed by atoms with Crippen LogP contribution in [0, 0.1) is 5.92 Å². The van der Waals surface area contributed by atoms with E-state index in [1.165, 1.54) is 12.8 Å². The molecule has 3 rings (SSSR count). The average molecular weight is 489 g/mol. The summed E-state index contributed by atoms with van der Waals surface area (Å²) in [6.45, 7) is 6.96. The molecule has 152 valence electrons. The fourth-order valence-corrected chi connectivity index (χ4v) is 3.78. The van der Waals surface area contributed by atoms with E-state index in [0.29, 0.717) is 12.5 Å². The molecule has 0 radical (unpaired) electrons. The zero-order valence-corrected chi connectivity index (χ0v) is 18.7. The first kappa shape index (κ1) is 22.0. The number of hydrogen-bond donors (Lipinski definition) is 2. The molecule has 2 aliphatic rings. The van der Waals surface area contributed by atoms with Crippen LogP contribution in [-0.2, 0) is 17.8 Å². The van der Waals surface area contributed by atoms with Gasteiger partial charge in [0, 0.05) is 37.7 Å². The van der Waals surface area contributed by atoms with Crippen molar-refractivity contribution in [2.24, 2.45) is 10.9 Å². The molecule has 1 aromatic heterocycles. The predicted molar refractivity (Wildman–Crippen MR) is 116 cm³/mol. The summed E-state index contributed by atoms with van der Waals surface area (Å²) in [6.07, 6.45) is 6.35. The van der Waals surface area contributed by atoms with E-state index in [-0.39, 0.29) is 35.9 Å². The molecular weight excluding hydrogens is 457 g/mol. The molecule has 0 aromatic carbocycles. The third-order valence-electron chi connectivity index (χ3n) is 5.25. The second kappa shape index (κ2) is 10.9. The van der Waals surface area contributed by atoms with Crippen LogP contribution in [-0.4, -0.2) is 47.6 Å². The first-order valence-electron chi connectivity index (χ1n) is 9.97. The van der Waals surface area contributed by atoms with Crippen LogP contribution in [0.2, 0.25) is 0 Å². The van der Waals surface area contributed by atoms with Gasteiger partial charge in [-0.3, -0.25) is 4.79 Å². The van der Waals surface area contributed by atoms with Gasteiger partial charge in [0.1, 0.15) is 6.54 Å². The maximum atomic E-state index is 12.6. The summed E-state index contributed by atoms with van der Waals surface area (Å²) in [7, 11) is 0. The molecule has 2 fully saturated rings. The fraction of sp³-hybridized carbons (Fsp3) is 0.737. The van der Waals surface area contributed by atoms with Gasteiger partial charge < -0.3 is 20.1 Å². The van der Waals surface area contributed by atoms with E-state index in [2.05, 4.69) is 27.7 Å². The van der Waals surface area contributed by atoms with E-state index < -0.39 is 0 Å². The number of aliphatic imine (C=N–C) groups is 1. The maximum absolute atomic E-state index is 12.6. The van der Waals surface area contributed by atoms with Crippen LogP contribution in [0.1, 0.15) is 57.4 Å². The van der Waals surface area contributed by atoms with Crippen molar-refractivity contribution in [3.8, 4) is 0 Å². The van der Waals surface area contributed by atoms with E-state index >= 15 is 0 Å². The summed E-state index contributed by atoms with van der Waals surface area (Å²) in [6, 6.07) is 2.20. The monoisotopic (exact) mass is 489 g/mol. The van der Waals surface area contributed by atoms with Crippen LogP contribution in [0.25, 0.3) is 0 Å². The topological polar surface area (TPSA) is 82.8 Å². The standard InChI is InChI=1S/C19H31N5O2.HI/c1-3-15-11-17(26-23-15)12-21-19(20-4-2)22-16-9-10-24(13-16)18(25)14-7-5-6-8-14;/h11,14,16H,3-10,12-13H2,1-2H3,(H2,20,21,22);1H. The maximum Gasteiger partial charge on any atom is 0.225 e. The third-order valence-corrected chi connectivity index (χ3v) is 5.25. The Bertz CT molecular complexity index is 627. The van der Waals surface area contributed by atoms with E-state index in [4.69, 9.17) is 4.52 Å². The highest BCUT2D eigenvalue weighted by Crippen LogP contribution is 2.27. The number of aromatic nitrogens is 1. The number of carbonyl (C=O) groups is 1. The molecule has 2 heterocycles. The highest BCUT2D eigenvalue weighted by atomic mass is 127. The van der Waals surface area contributed by atoms with Crippen molar-refractivity contribution >= 4 is 35.8 Å². The molecule has 1 unspecified atom stereocenters. The minimum Gasteiger partial charge on any atom is -0.359 e. The summed E-state index contributed by atoms with van der Waals surface area (Å²) < 4.78 is 5.29. The number of nitrogens with zero attached hydrogens (tertiary/aromatic N) is 3. The van der Waals surface area contributed by atoms with Crippen LogP contribution in [0.15, 0.2) is 15.6 Å². The lowest BCUT2D eigenvalue weighted by Gasteiger charge is -2.21. The number of carbonyl (C=O) groups excluding carboxylic acids is 1. The normalized spacial score (nSPS) is 20.6. The van der Waals surface area contributed by atoms with Gasteiger partial charge >= 0.3 is 0 Å². The Hall–Kier alpha value is -1.32. The number of guanidine groups is 1. The Morgan fingerprint density at radius 1 is 1.33 bits per heavy atom. The van der Waals surface area contributed by atoms with Crippen molar-refractivity contribution in [2.45, 2.75) is 65.0 Å². The van der Waals surface area contributed by atoms with Crippen LogP contribution in [0.5, 0.6) is 0 Å². The van der Waals surface area contributed by atoms with E-state index in [1.54, 1.807) is 0 Å². The van der Waals surface area contributed by atoms with Crippen LogP contribution in [0.3, 0.4) is 0 Å². The van der Waals surface area contributed by atoms with Gasteiger partial charge in [-0.25, -0.2) is 4.99 Å². The third kappa shape index (κ3) is 6.08. The second-order valence-electron chi connectivity index (χ2n) is 7.23. The van der Waals surface area contributed by atoms with Gasteiger partial charge in [0.05, 0.1) is 5.69 Å². The van der Waals surface area contributed by atoms with Crippen molar-refractivity contribution in [1.29, 1.82) is 0 Å². The van der Waals surface area contributed by atoms with Crippen molar-refractivity contribution in [3.63, 3.8) is 0 Å². The minimum atomic E-state index is 0. The number of nitrogens with one attached hydrogen (secondary N) is 2. The molecule has 7 nitrogen and oxygen atoms in total. The largest absolute Gasteiger partial charge is 0.359 e. The summed E-state index contributed by atoms with van der Waals surface area (Å²) in [4.78, 5) is 19.2. The Labute approximate surface area is 178 Å². The Kier molecular flexibility index (Phi) is 8.85. The molecule has 0 bridgehead atoms. The summed E-state index contributed by atoms with van der Waals surface area (Å²) in [5, 5.41) is 10.7. The molecule has 2 N–H and O–H groups in total. The SMILES string of the molecule is CCNC(=NCc1cc(CC)no1)NC1CCN(C(=O)C2CCCC2)C1.I. The quantitative estimate of drug-likeness (QED) is 0.365. The molecule has 1 aromatic rings. The highest BCUT2D eigenvalue weighted by molar-refractivity contribution is 14.0. The first-order chi connectivity index (χ1) is 12.7. The predicted octanol–water partition coefficient (Wildman–Crippen LogP) is 2.70. The molecule has 27 heavy (non-hydrogen) atoms. The van der Waals surface area contributed by atoms with Gasteiger partial charge in [0.15, 0.2) is 11.7 Å². The Morgan fingerprint density at radius 3 is 2.78 bits per heavy atom. The van der Waals surface area contributed by atoms with Crippen LogP contribution >= 0.6 is 24.0 Å². The van der Waals surface area contributed by atoms with Gasteiger partial charge in [-0.2, -0.15) is 0 Å². The van der Waals surface area contributed by atoms with Crippen LogP contribution < -0.4 is 10.6 Å². The molecule has 1 aliphatic heterocycles. The van der Waals surface area contributed by atoms with Crippen molar-refractivity contribution in [2.75, 3.05) is 19.6 Å². The van der Waals surface area contributed by atoms with Gasteiger partial charge in [-0.15, -0.1) is 24.0 Å². The van der Waals surface area contributed by atoms with Crippen molar-refractivity contribution < 1.29 is 9.32 Å². The average Bonchev–Trinajstić information content (AvgIpc) is 3.40. The van der Waals surface area contributed by atoms with E-state index in [9.17, 15) is 4.79 Å². The molecule has 1 saturated carbocycles. The number of aryl methyl sites for hydroxylation is 1. The summed E-state index contributed by atoms with van der Waals surface area (Å²) in [5.41, 5.74) is 0.949. The number of halogens is 1. The van der Waals surface area contributed by atoms with Crippen molar-refractivity contribution in [3.05, 3.63) is 17.5 Å². The molecule has 1 atom stereocenters. The summed E-state index contributed by atoms with van der Waals surface area (Å²) >= 11 is 0. The lowest BCUT2D eigenvalue weighted by atomic mass is 10.1. The first-order valence-corrected chi connectivity index (χ1v) is 9.97. The van der Waals surface area contributed by atoms with Gasteiger partial charge in [-0.05, 0) is 32.6 Å². The Balaban J connectivity index is 0.00000261. The van der Waals surface area contributed by atoms with Crippen LogP contribution in [0.4, 0.5) is 0 Å². The zero-order chi connectivity index (χ0) is 18.4. The Morgan fingerprint density at radius 2 is 2.11 bits per heavy atom. The second-order valence-corrected chi connectivity index (χ2v) is 7.23. The number of rotatable bonds is 6. The molecular formula is C19H32IN5O2. The highest BCUT2D eigenvalue weighted by Gasteiger charge is 2.32. The van der Waals surface area contributed by atoms with Gasteiger partial charge in [-0.1, -0.05) is 24.9 Å². The number of hydrogen-bond acceptors (Lipinski definition) is 4. The lowest BCUT2D eigenvalue weighted by Crippen LogP contribution is -2.45. The molecule has 8 heteroatoms. The van der Waals surface area contributed by atoms with Gasteiger partial charge in [0.2, 0.25) is 5.91 Å². The van der Waals surface area contributed by atoms with E-state index in [0.717, 1.165) is 62.7 Å². The lowest BCUT2D eigenvalue weighted by molar-refractivity contribution is -0.134. The number of likely N-dealkylation sites (tertiary alicyclic amines) is 1.